The molecule has 4 nitrogen and oxygen atoms in total. The van der Waals surface area contributed by atoms with Crippen molar-refractivity contribution >= 4 is 28.8 Å². The number of nitrogens with zero attached hydrogens (tertiary/aromatic N) is 1. The summed E-state index contributed by atoms with van der Waals surface area (Å²) in [6.07, 6.45) is 1.57. The largest absolute Gasteiger partial charge is 0.389 e. The molecule has 0 fully saturated rings. The van der Waals surface area contributed by atoms with Crippen LogP contribution in [0.25, 0.3) is 0 Å². The van der Waals surface area contributed by atoms with Gasteiger partial charge in [0.2, 0.25) is 0 Å². The van der Waals surface area contributed by atoms with Crippen LogP contribution in [0, 0.1) is 6.92 Å². The summed E-state index contributed by atoms with van der Waals surface area (Å²) in [6, 6.07) is 10.7. The molecule has 0 atom stereocenters. The molecule has 0 saturated heterocycles. The number of rotatable bonds is 3. The van der Waals surface area contributed by atoms with Gasteiger partial charge in [-0.2, -0.15) is 0 Å². The highest BCUT2D eigenvalue weighted by atomic mass is 32.1. The van der Waals surface area contributed by atoms with Gasteiger partial charge in [0, 0.05) is 11.8 Å². The fraction of sp³-hybridized carbons (Fsp3) is 0.0714. The van der Waals surface area contributed by atoms with E-state index in [4.69, 9.17) is 18.0 Å². The Balaban J connectivity index is 2.32. The summed E-state index contributed by atoms with van der Waals surface area (Å²) < 4.78 is 0. The minimum absolute atomic E-state index is 0.259. The average Bonchev–Trinajstić information content (AvgIpc) is 2.39. The molecule has 0 saturated carbocycles. The summed E-state index contributed by atoms with van der Waals surface area (Å²) in [5.41, 5.74) is 8.24. The number of anilines is 1. The predicted molar refractivity (Wildman–Crippen MR) is 79.3 cm³/mol. The number of hydrogen-bond donors (Lipinski definition) is 2. The maximum Gasteiger partial charge on any atom is 0.274 e. The Morgan fingerprint density at radius 3 is 2.68 bits per heavy atom. The zero-order valence-electron chi connectivity index (χ0n) is 10.4. The van der Waals surface area contributed by atoms with Gasteiger partial charge in [0.15, 0.2) is 0 Å². The van der Waals surface area contributed by atoms with E-state index in [1.807, 2.05) is 19.1 Å². The standard InChI is InChI=1S/C14H13N3OS/c1-9-5-4-7-10(12(9)13(15)19)17-14(18)11-6-2-3-8-16-11/h2-8H,1H3,(H2,15,19)(H,17,18). The number of nitrogens with two attached hydrogens (primary N) is 1. The highest BCUT2D eigenvalue weighted by Gasteiger charge is 2.12. The SMILES string of the molecule is Cc1cccc(NC(=O)c2ccccn2)c1C(N)=S. The van der Waals surface area contributed by atoms with Crippen molar-refractivity contribution in [2.24, 2.45) is 5.73 Å². The average molecular weight is 271 g/mol. The number of hydrogen-bond acceptors (Lipinski definition) is 3. The van der Waals surface area contributed by atoms with E-state index in [0.29, 0.717) is 16.9 Å². The van der Waals surface area contributed by atoms with E-state index in [-0.39, 0.29) is 10.9 Å². The van der Waals surface area contributed by atoms with Crippen LogP contribution < -0.4 is 11.1 Å². The third-order valence-corrected chi connectivity index (χ3v) is 2.87. The molecule has 1 amide bonds. The molecule has 0 aliphatic heterocycles. The molecule has 3 N–H and O–H groups in total. The second-order valence-electron chi connectivity index (χ2n) is 4.03. The number of carbonyl (C=O) groups excluding carboxylic acids is 1. The number of nitrogens with one attached hydrogen (secondary N) is 1. The normalized spacial score (nSPS) is 9.95. The summed E-state index contributed by atoms with van der Waals surface area (Å²) in [6.45, 7) is 1.89. The fourth-order valence-corrected chi connectivity index (χ4v) is 2.05. The van der Waals surface area contributed by atoms with E-state index >= 15 is 0 Å². The molecule has 0 unspecified atom stereocenters. The lowest BCUT2D eigenvalue weighted by atomic mass is 10.1. The second kappa shape index (κ2) is 5.58. The van der Waals surface area contributed by atoms with Crippen molar-refractivity contribution in [1.82, 2.24) is 4.98 Å². The number of aryl methyl sites for hydroxylation is 1. The van der Waals surface area contributed by atoms with E-state index in [2.05, 4.69) is 10.3 Å². The number of aromatic nitrogens is 1. The van der Waals surface area contributed by atoms with Crippen molar-refractivity contribution in [1.29, 1.82) is 0 Å². The van der Waals surface area contributed by atoms with Gasteiger partial charge >= 0.3 is 0 Å². The summed E-state index contributed by atoms with van der Waals surface area (Å²) in [4.78, 5) is 16.3. The maximum absolute atomic E-state index is 12.0. The van der Waals surface area contributed by atoms with Crippen LogP contribution in [-0.4, -0.2) is 15.9 Å². The van der Waals surface area contributed by atoms with Crippen LogP contribution in [0.15, 0.2) is 42.6 Å². The van der Waals surface area contributed by atoms with Gasteiger partial charge in [0.05, 0.1) is 5.69 Å². The van der Waals surface area contributed by atoms with E-state index in [1.54, 1.807) is 30.5 Å². The summed E-state index contributed by atoms with van der Waals surface area (Å²) >= 11 is 5.02. The lowest BCUT2D eigenvalue weighted by Gasteiger charge is -2.12. The number of benzene rings is 1. The minimum Gasteiger partial charge on any atom is -0.389 e. The summed E-state index contributed by atoms with van der Waals surface area (Å²) in [5, 5.41) is 2.78. The van der Waals surface area contributed by atoms with Crippen LogP contribution in [-0.2, 0) is 0 Å². The molecule has 0 aliphatic rings. The van der Waals surface area contributed by atoms with Crippen molar-refractivity contribution in [2.45, 2.75) is 6.92 Å². The van der Waals surface area contributed by atoms with Gasteiger partial charge in [0.25, 0.3) is 5.91 Å². The first-order valence-corrected chi connectivity index (χ1v) is 6.12. The Morgan fingerprint density at radius 2 is 2.05 bits per heavy atom. The molecular weight excluding hydrogens is 258 g/mol. The van der Waals surface area contributed by atoms with E-state index in [0.717, 1.165) is 5.56 Å². The Kier molecular flexibility index (Phi) is 3.87. The maximum atomic E-state index is 12.0. The summed E-state index contributed by atoms with van der Waals surface area (Å²) in [5.74, 6) is -0.288. The number of carbonyl (C=O) groups is 1. The van der Waals surface area contributed by atoms with Crippen molar-refractivity contribution in [2.75, 3.05) is 5.32 Å². The molecule has 1 aromatic carbocycles. The molecule has 0 bridgehead atoms. The minimum atomic E-state index is -0.288. The molecular formula is C14H13N3OS. The Bertz CT molecular complexity index is 626. The van der Waals surface area contributed by atoms with Crippen molar-refractivity contribution in [3.8, 4) is 0 Å². The molecule has 1 aromatic heterocycles. The van der Waals surface area contributed by atoms with Gasteiger partial charge in [-0.1, -0.05) is 30.4 Å². The smallest absolute Gasteiger partial charge is 0.274 e. The number of amides is 1. The Morgan fingerprint density at radius 1 is 1.26 bits per heavy atom. The number of pyridine rings is 1. The highest BCUT2D eigenvalue weighted by molar-refractivity contribution is 7.80. The molecule has 0 spiro atoms. The molecule has 0 radical (unpaired) electrons. The molecule has 1 heterocycles. The molecule has 0 aliphatic carbocycles. The Labute approximate surface area is 116 Å². The first kappa shape index (κ1) is 13.2. The molecule has 2 aromatic rings. The van der Waals surface area contributed by atoms with Gasteiger partial charge < -0.3 is 11.1 Å². The van der Waals surface area contributed by atoms with Crippen LogP contribution in [0.5, 0.6) is 0 Å². The van der Waals surface area contributed by atoms with Crippen molar-refractivity contribution in [3.63, 3.8) is 0 Å². The third-order valence-electron chi connectivity index (χ3n) is 2.66. The van der Waals surface area contributed by atoms with Gasteiger partial charge in [-0.25, -0.2) is 0 Å². The molecule has 5 heteroatoms. The number of thiocarbonyl (C=S) groups is 1. The van der Waals surface area contributed by atoms with Crippen LogP contribution in [0.3, 0.4) is 0 Å². The Hall–Kier alpha value is -2.27. The lowest BCUT2D eigenvalue weighted by Crippen LogP contribution is -2.19. The quantitative estimate of drug-likeness (QED) is 0.840. The second-order valence-corrected chi connectivity index (χ2v) is 4.47. The van der Waals surface area contributed by atoms with Crippen LogP contribution in [0.1, 0.15) is 21.6 Å². The summed E-state index contributed by atoms with van der Waals surface area (Å²) in [7, 11) is 0. The monoisotopic (exact) mass is 271 g/mol. The van der Waals surface area contributed by atoms with Crippen molar-refractivity contribution < 1.29 is 4.79 Å². The predicted octanol–water partition coefficient (Wildman–Crippen LogP) is 2.28. The first-order valence-electron chi connectivity index (χ1n) is 5.71. The van der Waals surface area contributed by atoms with Gasteiger partial charge in [-0.05, 0) is 30.7 Å². The van der Waals surface area contributed by atoms with Gasteiger partial charge in [0.1, 0.15) is 10.7 Å². The van der Waals surface area contributed by atoms with Crippen LogP contribution >= 0.6 is 12.2 Å². The fourth-order valence-electron chi connectivity index (χ4n) is 1.78. The third kappa shape index (κ3) is 2.95. The lowest BCUT2D eigenvalue weighted by molar-refractivity contribution is 0.102. The van der Waals surface area contributed by atoms with Crippen LogP contribution in [0.4, 0.5) is 5.69 Å². The highest BCUT2D eigenvalue weighted by Crippen LogP contribution is 2.20. The zero-order valence-corrected chi connectivity index (χ0v) is 11.2. The molecule has 96 valence electrons. The van der Waals surface area contributed by atoms with Crippen LogP contribution in [0.2, 0.25) is 0 Å². The van der Waals surface area contributed by atoms with E-state index < -0.39 is 0 Å². The van der Waals surface area contributed by atoms with Gasteiger partial charge in [-0.15, -0.1) is 0 Å². The van der Waals surface area contributed by atoms with Crippen molar-refractivity contribution in [3.05, 3.63) is 59.4 Å². The van der Waals surface area contributed by atoms with Gasteiger partial charge in [-0.3, -0.25) is 9.78 Å². The topological polar surface area (TPSA) is 68.0 Å². The molecule has 2 rings (SSSR count). The zero-order chi connectivity index (χ0) is 13.8. The van der Waals surface area contributed by atoms with E-state index in [1.165, 1.54) is 0 Å². The first-order chi connectivity index (χ1) is 9.09. The van der Waals surface area contributed by atoms with E-state index in [9.17, 15) is 4.79 Å². The molecule has 19 heavy (non-hydrogen) atoms.